The molecule has 350 valence electrons. The Morgan fingerprint density at radius 3 is 2.42 bits per heavy atom. The number of methoxy groups -OCH3 is 1. The molecular weight excluding hydrogens is 878 g/mol. The van der Waals surface area contributed by atoms with Crippen molar-refractivity contribution in [2.24, 2.45) is 5.92 Å². The molecule has 4 aliphatic rings. The highest BCUT2D eigenvalue weighted by molar-refractivity contribution is 7.59. The van der Waals surface area contributed by atoms with E-state index in [1.807, 2.05) is 38.3 Å². The molecule has 8 rings (SSSR count). The van der Waals surface area contributed by atoms with Gasteiger partial charge in [-0.25, -0.2) is 23.5 Å². The summed E-state index contributed by atoms with van der Waals surface area (Å²) in [7, 11) is -2.96. The molecule has 4 aromatic rings. The highest BCUT2D eigenvalue weighted by Crippen LogP contribution is 2.71. The van der Waals surface area contributed by atoms with Crippen LogP contribution in [0.4, 0.5) is 18.7 Å². The van der Waals surface area contributed by atoms with E-state index in [1.165, 1.54) is 22.3 Å². The summed E-state index contributed by atoms with van der Waals surface area (Å²) in [4.78, 5) is 66.2. The Morgan fingerprint density at radius 1 is 0.985 bits per heavy atom. The van der Waals surface area contributed by atoms with Crippen molar-refractivity contribution in [3.8, 4) is 22.9 Å². The minimum Gasteiger partial charge on any atom is -0.496 e. The number of thiazole rings is 1. The third-order valence-electron chi connectivity index (χ3n) is 13.4. The van der Waals surface area contributed by atoms with Gasteiger partial charge >= 0.3 is 6.09 Å². The van der Waals surface area contributed by atoms with Gasteiger partial charge in [-0.05, 0) is 95.9 Å². The molecule has 4 N–H and O–H groups in total. The van der Waals surface area contributed by atoms with Crippen LogP contribution < -0.4 is 25.4 Å². The van der Waals surface area contributed by atoms with Gasteiger partial charge in [-0.3, -0.25) is 14.2 Å². The number of carbonyl (C=O) groups excluding carboxylic acids is 3. The van der Waals surface area contributed by atoms with E-state index in [9.17, 15) is 32.6 Å². The molecule has 65 heavy (non-hydrogen) atoms. The van der Waals surface area contributed by atoms with Gasteiger partial charge in [0.05, 0.1) is 31.0 Å². The van der Waals surface area contributed by atoms with Crippen LogP contribution in [0.15, 0.2) is 41.8 Å². The standard InChI is InChI=1S/C47H59F2N6O8PS/c1-27(2)50-45-52-38(26-65-45)37-22-41(32-19-20-40(61-4)28(3)42(32)51-37)62-31-21-39-43(56)54-47(64(59,60)25-33-34(48)16-12-17-35(33)49)23-29(47)13-8-6-5-7-9-18-36(44(57)55(39)24-31)53-46(58)63-30-14-10-11-15-30/h12,16-17,19-20,22,26-27,29-31,36,39H,5-11,13-15,18,21,23-25H2,1-4H3,(H,50,52)(H,53,58)(H,54,56)(H,59,60)/t29-,31-,36+,39+,47+/m1/s1. The first kappa shape index (κ1) is 46.7. The number of aromatic nitrogens is 2. The maximum absolute atomic E-state index is 15.0. The number of nitrogens with one attached hydrogen (secondary N) is 3. The molecule has 4 fully saturated rings. The van der Waals surface area contributed by atoms with Gasteiger partial charge in [0.2, 0.25) is 19.2 Å². The van der Waals surface area contributed by atoms with E-state index in [0.717, 1.165) is 67.8 Å². The summed E-state index contributed by atoms with van der Waals surface area (Å²) in [5, 5.41) is 10.7. The summed E-state index contributed by atoms with van der Waals surface area (Å²) in [6.45, 7) is 5.89. The summed E-state index contributed by atoms with van der Waals surface area (Å²) in [6.07, 6.45) is 5.56. The van der Waals surface area contributed by atoms with E-state index < -0.39 is 78.0 Å². The number of pyridine rings is 1. The molecule has 0 radical (unpaired) electrons. The fraction of sp³-hybridized carbons (Fsp3) is 0.553. The van der Waals surface area contributed by atoms with E-state index >= 15 is 0 Å². The lowest BCUT2D eigenvalue weighted by molar-refractivity contribution is -0.140. The number of hydrogen-bond donors (Lipinski definition) is 4. The fourth-order valence-electron chi connectivity index (χ4n) is 9.81. The summed E-state index contributed by atoms with van der Waals surface area (Å²) >= 11 is 1.45. The van der Waals surface area contributed by atoms with Crippen molar-refractivity contribution in [3.63, 3.8) is 0 Å². The average Bonchev–Trinajstić information content (AvgIpc) is 3.68. The molecule has 14 nitrogen and oxygen atoms in total. The van der Waals surface area contributed by atoms with Crippen molar-refractivity contribution < 1.29 is 46.8 Å². The lowest BCUT2D eigenvalue weighted by atomic mass is 10.0. The van der Waals surface area contributed by atoms with E-state index in [-0.39, 0.29) is 31.5 Å². The maximum atomic E-state index is 15.0. The third kappa shape index (κ3) is 10.1. The number of amides is 3. The number of fused-ring (bicyclic) bond motifs is 3. The van der Waals surface area contributed by atoms with Crippen molar-refractivity contribution in [1.29, 1.82) is 0 Å². The normalized spacial score (nSPS) is 25.2. The van der Waals surface area contributed by atoms with Gasteiger partial charge in [0.25, 0.3) is 0 Å². The number of hydrogen-bond acceptors (Lipinski definition) is 11. The molecule has 4 heterocycles. The number of nitrogens with zero attached hydrogens (tertiary/aromatic N) is 3. The number of anilines is 1. The molecule has 2 aromatic heterocycles. The monoisotopic (exact) mass is 936 g/mol. The Hall–Kier alpha value is -4.86. The largest absolute Gasteiger partial charge is 0.496 e. The topological polar surface area (TPSA) is 181 Å². The summed E-state index contributed by atoms with van der Waals surface area (Å²) in [5.74, 6) is -2.46. The summed E-state index contributed by atoms with van der Waals surface area (Å²) in [5.41, 5.74) is 2.02. The van der Waals surface area contributed by atoms with Gasteiger partial charge < -0.3 is 40.0 Å². The molecule has 18 heteroatoms. The van der Waals surface area contributed by atoms with Gasteiger partial charge in [-0.2, -0.15) is 0 Å². The zero-order valence-corrected chi connectivity index (χ0v) is 39.1. The Kier molecular flexibility index (Phi) is 14.0. The lowest BCUT2D eigenvalue weighted by Gasteiger charge is -2.31. The Labute approximate surface area is 382 Å². The zero-order chi connectivity index (χ0) is 46.0. The van der Waals surface area contributed by atoms with E-state index in [2.05, 4.69) is 16.0 Å². The smallest absolute Gasteiger partial charge is 0.408 e. The van der Waals surface area contributed by atoms with Crippen LogP contribution in [0.1, 0.15) is 108 Å². The van der Waals surface area contributed by atoms with E-state index in [0.29, 0.717) is 59.5 Å². The zero-order valence-electron chi connectivity index (χ0n) is 37.4. The van der Waals surface area contributed by atoms with Crippen molar-refractivity contribution in [2.45, 2.75) is 146 Å². The first-order valence-electron chi connectivity index (χ1n) is 22.9. The second-order valence-electron chi connectivity index (χ2n) is 18.3. The van der Waals surface area contributed by atoms with Crippen LogP contribution in [0.25, 0.3) is 22.3 Å². The quantitative estimate of drug-likeness (QED) is 0.105. The number of ether oxygens (including phenoxy) is 3. The second kappa shape index (κ2) is 19.5. The molecule has 3 amide bonds. The van der Waals surface area contributed by atoms with Gasteiger partial charge in [0, 0.05) is 40.4 Å². The van der Waals surface area contributed by atoms with Gasteiger partial charge in [0.1, 0.15) is 58.4 Å². The molecule has 2 saturated heterocycles. The Balaban J connectivity index is 1.14. The fourth-order valence-corrected chi connectivity index (χ4v) is 13.2. The van der Waals surface area contributed by atoms with E-state index in [1.54, 1.807) is 13.2 Å². The van der Waals surface area contributed by atoms with Gasteiger partial charge in [-0.1, -0.05) is 38.2 Å². The first-order chi connectivity index (χ1) is 31.2. The molecule has 0 spiro atoms. The minimum absolute atomic E-state index is 0.0112. The molecule has 0 bridgehead atoms. The number of benzene rings is 2. The predicted molar refractivity (Wildman–Crippen MR) is 244 cm³/mol. The Bertz CT molecular complexity index is 2450. The average molecular weight is 937 g/mol. The lowest BCUT2D eigenvalue weighted by Crippen LogP contribution is -2.55. The number of carbonyl (C=O) groups is 3. The number of aryl methyl sites for hydroxylation is 1. The third-order valence-corrected chi connectivity index (χ3v) is 16.8. The first-order valence-corrected chi connectivity index (χ1v) is 25.6. The SMILES string of the molecule is COc1ccc2c(O[C@@H]3C[C@H]4C(=O)N[C@]5(P(=O)(O)Cc6c(F)cccc6F)C[C@H]5CCCCCCC[C@H](NC(=O)OC5CCCC5)C(=O)N4C3)cc(-c3csc(NC(C)C)n3)nc2c1C. The number of alkyl carbamates (subject to hydrolysis) is 1. The molecule has 2 aliphatic heterocycles. The van der Waals surface area contributed by atoms with Gasteiger partial charge in [0.15, 0.2) is 5.13 Å². The molecule has 6 atom stereocenters. The highest BCUT2D eigenvalue weighted by Gasteiger charge is 2.66. The van der Waals surface area contributed by atoms with Crippen LogP contribution in [0.2, 0.25) is 0 Å². The number of rotatable bonds is 11. The highest BCUT2D eigenvalue weighted by atomic mass is 32.1. The second-order valence-corrected chi connectivity index (χ2v) is 21.7. The molecule has 1 unspecified atom stereocenters. The maximum Gasteiger partial charge on any atom is 0.408 e. The van der Waals surface area contributed by atoms with Crippen LogP contribution in [-0.2, 0) is 25.1 Å². The Morgan fingerprint density at radius 2 is 1.69 bits per heavy atom. The van der Waals surface area contributed by atoms with Crippen molar-refractivity contribution in [2.75, 3.05) is 19.0 Å². The minimum atomic E-state index is -4.55. The molecular formula is C47H59F2N6O8PS. The van der Waals surface area contributed by atoms with Crippen molar-refractivity contribution in [1.82, 2.24) is 25.5 Å². The van der Waals surface area contributed by atoms with Crippen LogP contribution in [-0.4, -0.2) is 86.9 Å². The van der Waals surface area contributed by atoms with Crippen LogP contribution >= 0.6 is 18.7 Å². The predicted octanol–water partition coefficient (Wildman–Crippen LogP) is 9.21. The molecule has 2 aliphatic carbocycles. The summed E-state index contributed by atoms with van der Waals surface area (Å²) < 4.78 is 62.7. The van der Waals surface area contributed by atoms with Crippen LogP contribution in [0.3, 0.4) is 0 Å². The van der Waals surface area contributed by atoms with Gasteiger partial charge in [-0.15, -0.1) is 11.3 Å². The van der Waals surface area contributed by atoms with Crippen LogP contribution in [0.5, 0.6) is 11.5 Å². The number of halogens is 2. The van der Waals surface area contributed by atoms with Crippen LogP contribution in [0, 0.1) is 24.5 Å². The molecule has 2 aromatic carbocycles. The van der Waals surface area contributed by atoms with Crippen molar-refractivity contribution >= 4 is 52.6 Å². The summed E-state index contributed by atoms with van der Waals surface area (Å²) in [6, 6.07) is 6.65. The van der Waals surface area contributed by atoms with Crippen molar-refractivity contribution in [3.05, 3.63) is 64.5 Å². The van der Waals surface area contributed by atoms with E-state index in [4.69, 9.17) is 24.2 Å². The molecule has 2 saturated carbocycles.